The van der Waals surface area contributed by atoms with Crippen molar-refractivity contribution in [3.05, 3.63) is 0 Å². The molecule has 2 N–H and O–H groups in total. The van der Waals surface area contributed by atoms with Crippen molar-refractivity contribution in [3.63, 3.8) is 0 Å². The average molecular weight is 241 g/mol. The second kappa shape index (κ2) is 7.67. The molecule has 0 aromatic carbocycles. The number of nitrogens with two attached hydrogens (primary N) is 1. The summed E-state index contributed by atoms with van der Waals surface area (Å²) in [6, 6.07) is 0.252. The van der Waals surface area contributed by atoms with E-state index in [-0.39, 0.29) is 11.9 Å². The van der Waals surface area contributed by atoms with Gasteiger partial charge < -0.3 is 10.6 Å². The minimum Gasteiger partial charge on any atom is -0.342 e. The molecule has 0 aliphatic carbocycles. The van der Waals surface area contributed by atoms with Crippen molar-refractivity contribution in [3.8, 4) is 0 Å². The number of nitrogens with zero attached hydrogens (tertiary/aromatic N) is 2. The van der Waals surface area contributed by atoms with Crippen molar-refractivity contribution >= 4 is 5.91 Å². The van der Waals surface area contributed by atoms with E-state index in [9.17, 15) is 4.79 Å². The van der Waals surface area contributed by atoms with Gasteiger partial charge in [0.2, 0.25) is 5.91 Å². The molecule has 1 rings (SSSR count). The number of carbonyl (C=O) groups excluding carboxylic acids is 1. The monoisotopic (exact) mass is 241 g/mol. The lowest BCUT2D eigenvalue weighted by molar-refractivity contribution is -0.132. The van der Waals surface area contributed by atoms with Crippen LogP contribution in [-0.4, -0.2) is 54.5 Å². The fourth-order valence-corrected chi connectivity index (χ4v) is 2.43. The number of amides is 1. The molecular weight excluding hydrogens is 214 g/mol. The van der Waals surface area contributed by atoms with Gasteiger partial charge in [-0.1, -0.05) is 13.8 Å². The van der Waals surface area contributed by atoms with Gasteiger partial charge in [0.05, 0.1) is 6.54 Å². The van der Waals surface area contributed by atoms with Gasteiger partial charge in [0, 0.05) is 25.7 Å². The summed E-state index contributed by atoms with van der Waals surface area (Å²) in [6.45, 7) is 8.44. The van der Waals surface area contributed by atoms with Crippen LogP contribution in [-0.2, 0) is 4.79 Å². The summed E-state index contributed by atoms with van der Waals surface area (Å²) in [5.74, 6) is 0.266. The van der Waals surface area contributed by atoms with Crippen molar-refractivity contribution in [2.75, 3.05) is 32.7 Å². The maximum absolute atomic E-state index is 12.1. The zero-order valence-corrected chi connectivity index (χ0v) is 11.3. The van der Waals surface area contributed by atoms with E-state index in [4.69, 9.17) is 5.73 Å². The normalized spacial score (nSPS) is 21.5. The van der Waals surface area contributed by atoms with E-state index in [0.29, 0.717) is 6.54 Å². The maximum atomic E-state index is 12.1. The molecule has 1 atom stereocenters. The van der Waals surface area contributed by atoms with Gasteiger partial charge in [0.25, 0.3) is 0 Å². The van der Waals surface area contributed by atoms with Crippen LogP contribution in [0.1, 0.15) is 39.5 Å². The van der Waals surface area contributed by atoms with Crippen LogP contribution < -0.4 is 5.73 Å². The molecule has 0 radical (unpaired) electrons. The average Bonchev–Trinajstić information content (AvgIpc) is 2.28. The third-order valence-electron chi connectivity index (χ3n) is 3.24. The van der Waals surface area contributed by atoms with Gasteiger partial charge in [-0.3, -0.25) is 9.69 Å². The highest BCUT2D eigenvalue weighted by Gasteiger charge is 2.21. The molecule has 1 aliphatic rings. The van der Waals surface area contributed by atoms with Gasteiger partial charge in [-0.25, -0.2) is 0 Å². The smallest absolute Gasteiger partial charge is 0.236 e. The van der Waals surface area contributed by atoms with Crippen LogP contribution in [0.4, 0.5) is 0 Å². The fraction of sp³-hybridized carbons (Fsp3) is 0.923. The van der Waals surface area contributed by atoms with Gasteiger partial charge in [0.1, 0.15) is 0 Å². The minimum atomic E-state index is 0.252. The molecular formula is C13H27N3O. The Morgan fingerprint density at radius 1 is 1.35 bits per heavy atom. The highest BCUT2D eigenvalue weighted by atomic mass is 16.2. The zero-order valence-electron chi connectivity index (χ0n) is 11.3. The molecule has 100 valence electrons. The number of rotatable bonds is 6. The molecule has 1 saturated heterocycles. The molecule has 1 fully saturated rings. The van der Waals surface area contributed by atoms with Crippen LogP contribution in [0.3, 0.4) is 0 Å². The fourth-order valence-electron chi connectivity index (χ4n) is 2.43. The molecule has 1 unspecified atom stereocenters. The van der Waals surface area contributed by atoms with Crippen LogP contribution in [0.5, 0.6) is 0 Å². The van der Waals surface area contributed by atoms with E-state index < -0.39 is 0 Å². The summed E-state index contributed by atoms with van der Waals surface area (Å²) >= 11 is 0. The third kappa shape index (κ3) is 5.04. The topological polar surface area (TPSA) is 49.6 Å². The van der Waals surface area contributed by atoms with E-state index in [0.717, 1.165) is 51.9 Å². The number of carbonyl (C=O) groups is 1. The summed E-state index contributed by atoms with van der Waals surface area (Å²) in [4.78, 5) is 16.3. The van der Waals surface area contributed by atoms with Crippen LogP contribution in [0.15, 0.2) is 0 Å². The lowest BCUT2D eigenvalue weighted by atomic mass is 10.1. The SMILES string of the molecule is CCCN(CCC)C(=O)CN1CCCC(N)C1. The summed E-state index contributed by atoms with van der Waals surface area (Å²) < 4.78 is 0. The highest BCUT2D eigenvalue weighted by Crippen LogP contribution is 2.08. The first-order chi connectivity index (χ1) is 8.17. The Balaban J connectivity index is 2.39. The summed E-state index contributed by atoms with van der Waals surface area (Å²) in [7, 11) is 0. The van der Waals surface area contributed by atoms with Gasteiger partial charge in [-0.05, 0) is 32.2 Å². The summed E-state index contributed by atoms with van der Waals surface area (Å²) in [5, 5.41) is 0. The molecule has 4 heteroatoms. The minimum absolute atomic E-state index is 0.252. The second-order valence-corrected chi connectivity index (χ2v) is 5.02. The van der Waals surface area contributed by atoms with E-state index in [2.05, 4.69) is 18.7 Å². The second-order valence-electron chi connectivity index (χ2n) is 5.02. The molecule has 0 bridgehead atoms. The first-order valence-corrected chi connectivity index (χ1v) is 6.93. The Morgan fingerprint density at radius 2 is 2.00 bits per heavy atom. The Morgan fingerprint density at radius 3 is 2.53 bits per heavy atom. The van der Waals surface area contributed by atoms with Crippen LogP contribution in [0.25, 0.3) is 0 Å². The highest BCUT2D eigenvalue weighted by molar-refractivity contribution is 5.78. The first-order valence-electron chi connectivity index (χ1n) is 6.93. The van der Waals surface area contributed by atoms with Crippen molar-refractivity contribution in [2.24, 2.45) is 5.73 Å². The summed E-state index contributed by atoms with van der Waals surface area (Å²) in [6.07, 6.45) is 4.28. The standard InChI is InChI=1S/C13H27N3O/c1-3-7-16(8-4-2)13(17)11-15-9-5-6-12(14)10-15/h12H,3-11,14H2,1-2H3. The largest absolute Gasteiger partial charge is 0.342 e. The van der Waals surface area contributed by atoms with Crippen LogP contribution in [0, 0.1) is 0 Å². The van der Waals surface area contributed by atoms with Gasteiger partial charge in [-0.15, -0.1) is 0 Å². The zero-order chi connectivity index (χ0) is 12.7. The first kappa shape index (κ1) is 14.5. The summed E-state index contributed by atoms with van der Waals surface area (Å²) in [5.41, 5.74) is 5.93. The van der Waals surface area contributed by atoms with Gasteiger partial charge in [0.15, 0.2) is 0 Å². The molecule has 1 heterocycles. The van der Waals surface area contributed by atoms with E-state index in [1.807, 2.05) is 4.90 Å². The number of likely N-dealkylation sites (tertiary alicyclic amines) is 1. The lowest BCUT2D eigenvalue weighted by Gasteiger charge is -2.32. The number of piperidine rings is 1. The van der Waals surface area contributed by atoms with E-state index in [1.54, 1.807) is 0 Å². The predicted molar refractivity (Wildman–Crippen MR) is 70.8 cm³/mol. The number of hydrogen-bond acceptors (Lipinski definition) is 3. The van der Waals surface area contributed by atoms with Gasteiger partial charge >= 0.3 is 0 Å². The Hall–Kier alpha value is -0.610. The van der Waals surface area contributed by atoms with E-state index >= 15 is 0 Å². The van der Waals surface area contributed by atoms with Crippen LogP contribution >= 0.6 is 0 Å². The molecule has 0 spiro atoms. The third-order valence-corrected chi connectivity index (χ3v) is 3.24. The molecule has 1 amide bonds. The Kier molecular flexibility index (Phi) is 6.52. The van der Waals surface area contributed by atoms with Crippen molar-refractivity contribution in [1.82, 2.24) is 9.80 Å². The quantitative estimate of drug-likeness (QED) is 0.756. The number of hydrogen-bond donors (Lipinski definition) is 1. The molecule has 17 heavy (non-hydrogen) atoms. The van der Waals surface area contributed by atoms with Crippen molar-refractivity contribution in [2.45, 2.75) is 45.6 Å². The molecule has 1 aliphatic heterocycles. The molecule has 0 aromatic rings. The van der Waals surface area contributed by atoms with Crippen LogP contribution in [0.2, 0.25) is 0 Å². The molecule has 0 aromatic heterocycles. The molecule has 4 nitrogen and oxygen atoms in total. The predicted octanol–water partition coefficient (Wildman–Crippen LogP) is 1.06. The maximum Gasteiger partial charge on any atom is 0.236 e. The van der Waals surface area contributed by atoms with E-state index in [1.165, 1.54) is 0 Å². The molecule has 0 saturated carbocycles. The van der Waals surface area contributed by atoms with Crippen molar-refractivity contribution in [1.29, 1.82) is 0 Å². The van der Waals surface area contributed by atoms with Crippen molar-refractivity contribution < 1.29 is 4.79 Å². The Labute approximate surface area is 105 Å². The van der Waals surface area contributed by atoms with Gasteiger partial charge in [-0.2, -0.15) is 0 Å². The lowest BCUT2D eigenvalue weighted by Crippen LogP contribution is -2.48. The Bertz CT molecular complexity index is 227.